The van der Waals surface area contributed by atoms with Crippen LogP contribution in [0.25, 0.3) is 28.3 Å². The minimum Gasteiger partial charge on any atom is -0.340 e. The Kier molecular flexibility index (Phi) is 5.05. The summed E-state index contributed by atoms with van der Waals surface area (Å²) in [5.41, 5.74) is 6.64. The second-order valence-corrected chi connectivity index (χ2v) is 7.71. The lowest BCUT2D eigenvalue weighted by molar-refractivity contribution is 0.432. The minimum atomic E-state index is 0.694. The fourth-order valence-electron chi connectivity index (χ4n) is 3.74. The molecular weight excluding hydrogens is 385 g/mol. The number of benzene rings is 1. The summed E-state index contributed by atoms with van der Waals surface area (Å²) in [5, 5.41) is 4.27. The molecule has 8 heteroatoms. The average Bonchev–Trinajstić information content (AvgIpc) is 3.40. The van der Waals surface area contributed by atoms with Crippen LogP contribution in [0.3, 0.4) is 0 Å². The van der Waals surface area contributed by atoms with Crippen molar-refractivity contribution in [2.45, 2.75) is 20.0 Å². The van der Waals surface area contributed by atoms with E-state index in [0.717, 1.165) is 46.4 Å². The van der Waals surface area contributed by atoms with Gasteiger partial charge in [-0.3, -0.25) is 4.98 Å². The number of rotatable bonds is 6. The van der Waals surface area contributed by atoms with Gasteiger partial charge in [-0.05, 0) is 36.8 Å². The number of aromatic nitrogens is 6. The van der Waals surface area contributed by atoms with Gasteiger partial charge in [-0.25, -0.2) is 14.5 Å². The zero-order chi connectivity index (χ0) is 21.2. The number of pyridine rings is 2. The van der Waals surface area contributed by atoms with Crippen molar-refractivity contribution in [3.8, 4) is 22.6 Å². The number of fused-ring (bicyclic) bond motifs is 1. The van der Waals surface area contributed by atoms with Crippen LogP contribution in [-0.4, -0.2) is 42.3 Å². The maximum atomic E-state index is 4.94. The van der Waals surface area contributed by atoms with Crippen LogP contribution in [0.1, 0.15) is 17.1 Å². The third-order valence-electron chi connectivity index (χ3n) is 5.16. The number of aryl methyl sites for hydroxylation is 1. The molecule has 0 saturated heterocycles. The van der Waals surface area contributed by atoms with Crippen molar-refractivity contribution in [1.29, 1.82) is 0 Å². The maximum absolute atomic E-state index is 4.94. The highest BCUT2D eigenvalue weighted by molar-refractivity contribution is 6.04. The number of hydrogen-bond acceptors (Lipinski definition) is 5. The highest BCUT2D eigenvalue weighted by Gasteiger charge is 2.17. The monoisotopic (exact) mass is 407 g/mol. The van der Waals surface area contributed by atoms with Gasteiger partial charge in [-0.15, -0.1) is 0 Å². The fraction of sp³-hybridized carbons (Fsp3) is 0.130. The quantitative estimate of drug-likeness (QED) is 0.438. The average molecular weight is 407 g/mol. The first-order valence-corrected chi connectivity index (χ1v) is 10.2. The molecule has 0 atom stereocenters. The minimum absolute atomic E-state index is 0.694. The summed E-state index contributed by atoms with van der Waals surface area (Å²) < 4.78 is 1.77. The van der Waals surface area contributed by atoms with Gasteiger partial charge in [0.25, 0.3) is 0 Å². The first kappa shape index (κ1) is 19.2. The molecule has 0 saturated carbocycles. The van der Waals surface area contributed by atoms with E-state index in [1.54, 1.807) is 10.8 Å². The first-order chi connectivity index (χ1) is 15.2. The molecule has 0 aliphatic carbocycles. The Morgan fingerprint density at radius 1 is 0.968 bits per heavy atom. The summed E-state index contributed by atoms with van der Waals surface area (Å²) in [6.07, 6.45) is 3.52. The largest absolute Gasteiger partial charge is 0.340 e. The van der Waals surface area contributed by atoms with Crippen LogP contribution in [0.2, 0.25) is 0 Å². The second-order valence-electron chi connectivity index (χ2n) is 7.71. The molecule has 0 aliphatic heterocycles. The molecule has 0 fully saturated rings. The van der Waals surface area contributed by atoms with Gasteiger partial charge in [0.05, 0.1) is 11.4 Å². The fourth-order valence-corrected chi connectivity index (χ4v) is 3.74. The van der Waals surface area contributed by atoms with Gasteiger partial charge in [0.1, 0.15) is 17.8 Å². The molecule has 0 spiro atoms. The predicted octanol–water partition coefficient (Wildman–Crippen LogP) is 3.04. The van der Waals surface area contributed by atoms with E-state index in [0.29, 0.717) is 6.54 Å². The zero-order valence-electron chi connectivity index (χ0n) is 17.5. The highest BCUT2D eigenvalue weighted by Crippen LogP contribution is 2.29. The van der Waals surface area contributed by atoms with E-state index in [1.807, 2.05) is 49.5 Å². The number of nitrogens with one attached hydrogen (secondary N) is 1. The van der Waals surface area contributed by atoms with Gasteiger partial charge >= 0.3 is 0 Å². The number of aromatic amines is 1. The van der Waals surface area contributed by atoms with Crippen molar-refractivity contribution >= 4 is 13.6 Å². The molecule has 152 valence electrons. The maximum Gasteiger partial charge on any atom is 0.186 e. The van der Waals surface area contributed by atoms with Gasteiger partial charge in [0.2, 0.25) is 0 Å². The third-order valence-corrected chi connectivity index (χ3v) is 5.16. The van der Waals surface area contributed by atoms with Crippen molar-refractivity contribution in [3.05, 3.63) is 90.3 Å². The van der Waals surface area contributed by atoms with Crippen molar-refractivity contribution in [2.75, 3.05) is 0 Å². The van der Waals surface area contributed by atoms with Crippen molar-refractivity contribution < 1.29 is 0 Å². The lowest BCUT2D eigenvalue weighted by Crippen LogP contribution is -2.19. The highest BCUT2D eigenvalue weighted by atomic mass is 15.3. The Balaban J connectivity index is 1.51. The van der Waals surface area contributed by atoms with E-state index in [2.05, 4.69) is 52.1 Å². The lowest BCUT2D eigenvalue weighted by Gasteiger charge is -2.15. The van der Waals surface area contributed by atoms with Crippen LogP contribution in [0.4, 0.5) is 0 Å². The molecular formula is C23H22BN7. The van der Waals surface area contributed by atoms with Gasteiger partial charge in [0.15, 0.2) is 13.6 Å². The molecule has 5 rings (SSSR count). The summed E-state index contributed by atoms with van der Waals surface area (Å²) in [5.74, 6) is 0.894. The Hall–Kier alpha value is -3.78. The molecule has 1 aromatic carbocycles. The van der Waals surface area contributed by atoms with Crippen LogP contribution in [0.15, 0.2) is 73.2 Å². The number of nitrogens with zero attached hydrogens (tertiary/aromatic N) is 6. The molecule has 1 N–H and O–H groups in total. The summed E-state index contributed by atoms with van der Waals surface area (Å²) >= 11 is 0. The molecule has 7 nitrogen and oxygen atoms in total. The second kappa shape index (κ2) is 8.16. The Morgan fingerprint density at radius 3 is 2.68 bits per heavy atom. The van der Waals surface area contributed by atoms with Crippen LogP contribution >= 0.6 is 0 Å². The summed E-state index contributed by atoms with van der Waals surface area (Å²) in [6.45, 7) is 3.53. The van der Waals surface area contributed by atoms with Crippen molar-refractivity contribution in [2.24, 2.45) is 0 Å². The summed E-state index contributed by atoms with van der Waals surface area (Å²) in [4.78, 5) is 19.7. The van der Waals surface area contributed by atoms with Gasteiger partial charge in [-0.2, -0.15) is 5.10 Å². The van der Waals surface area contributed by atoms with Crippen LogP contribution < -0.4 is 0 Å². The van der Waals surface area contributed by atoms with Gasteiger partial charge in [0, 0.05) is 30.5 Å². The van der Waals surface area contributed by atoms with Crippen LogP contribution in [-0.2, 0) is 13.1 Å². The number of imidazole rings is 1. The summed E-state index contributed by atoms with van der Waals surface area (Å²) in [6, 6.07) is 20.4. The van der Waals surface area contributed by atoms with E-state index in [-0.39, 0.29) is 0 Å². The van der Waals surface area contributed by atoms with Crippen molar-refractivity contribution in [3.63, 3.8) is 0 Å². The zero-order valence-corrected chi connectivity index (χ0v) is 17.5. The topological polar surface area (TPSA) is 75.0 Å². The van der Waals surface area contributed by atoms with E-state index >= 15 is 0 Å². The molecule has 0 bridgehead atoms. The predicted molar refractivity (Wildman–Crippen MR) is 123 cm³/mol. The molecule has 0 radical (unpaired) electrons. The van der Waals surface area contributed by atoms with E-state index in [4.69, 9.17) is 9.97 Å². The summed E-state index contributed by atoms with van der Waals surface area (Å²) in [7, 11) is 2.10. The Bertz CT molecular complexity index is 1330. The number of hydrogen-bond donors (Lipinski definition) is 1. The molecule has 0 unspecified atom stereocenters. The SMILES string of the molecule is BN(Cc1ccccc1)Cc1nc(-c2cccc(C)n2)c(-c2ccc3ncnn3c2)[nH]1. The molecule has 31 heavy (non-hydrogen) atoms. The number of H-pyrrole nitrogens is 1. The van der Waals surface area contributed by atoms with E-state index < -0.39 is 0 Å². The Morgan fingerprint density at radius 2 is 1.84 bits per heavy atom. The molecule has 0 aliphatic rings. The third kappa shape index (κ3) is 4.11. The molecule has 4 aromatic heterocycles. The van der Waals surface area contributed by atoms with E-state index in [1.165, 1.54) is 5.56 Å². The van der Waals surface area contributed by atoms with Gasteiger partial charge in [-0.1, -0.05) is 36.4 Å². The lowest BCUT2D eigenvalue weighted by atomic mass is 10.1. The Labute approximate surface area is 181 Å². The smallest absolute Gasteiger partial charge is 0.186 e. The first-order valence-electron chi connectivity index (χ1n) is 10.2. The van der Waals surface area contributed by atoms with Crippen LogP contribution in [0.5, 0.6) is 0 Å². The normalized spacial score (nSPS) is 11.4. The van der Waals surface area contributed by atoms with Crippen LogP contribution in [0, 0.1) is 6.92 Å². The van der Waals surface area contributed by atoms with Crippen molar-refractivity contribution in [1.82, 2.24) is 34.4 Å². The molecule has 5 aromatic rings. The standard InChI is InChI=1S/C23H22BN7/c1-16-6-5-9-19(27-16)23-22(18-10-11-21-25-15-26-31(21)13-18)28-20(29-23)14-30(24)12-17-7-3-2-4-8-17/h2-11,13,15H,12,14,24H2,1H3,(H,28,29). The van der Waals surface area contributed by atoms with E-state index in [9.17, 15) is 0 Å². The van der Waals surface area contributed by atoms with Gasteiger partial charge < -0.3 is 9.79 Å². The molecule has 0 amide bonds. The molecule has 4 heterocycles.